The van der Waals surface area contributed by atoms with Gasteiger partial charge in [0.1, 0.15) is 5.82 Å². The lowest BCUT2D eigenvalue weighted by Crippen LogP contribution is -2.23. The summed E-state index contributed by atoms with van der Waals surface area (Å²) >= 11 is 0. The zero-order valence-corrected chi connectivity index (χ0v) is 14.8. The van der Waals surface area contributed by atoms with E-state index in [4.69, 9.17) is 0 Å². The summed E-state index contributed by atoms with van der Waals surface area (Å²) in [6.45, 7) is 3.33. The number of methoxy groups -OCH3 is 1. The first kappa shape index (κ1) is 19.1. The molecule has 0 saturated heterocycles. The van der Waals surface area contributed by atoms with E-state index in [1.807, 2.05) is 6.07 Å². The summed E-state index contributed by atoms with van der Waals surface area (Å²) in [5, 5.41) is 3.30. The number of halogens is 1. The van der Waals surface area contributed by atoms with Crippen LogP contribution in [0.4, 0.5) is 4.39 Å². The molecule has 0 aliphatic heterocycles. The van der Waals surface area contributed by atoms with Gasteiger partial charge in [0.15, 0.2) is 0 Å². The fraction of sp³-hybridized carbons (Fsp3) is 0.350. The van der Waals surface area contributed by atoms with E-state index >= 15 is 0 Å². The number of ether oxygens (including phenoxy) is 1. The first-order valence-electron chi connectivity index (χ1n) is 8.40. The summed E-state index contributed by atoms with van der Waals surface area (Å²) in [6.07, 6.45) is 1.01. The number of hydrogen-bond donors (Lipinski definition) is 1. The predicted molar refractivity (Wildman–Crippen MR) is 96.8 cm³/mol. The molecule has 2 rings (SSSR count). The minimum Gasteiger partial charge on any atom is -0.465 e. The van der Waals surface area contributed by atoms with Crippen molar-refractivity contribution in [1.29, 1.82) is 0 Å². The molecule has 0 aromatic heterocycles. The van der Waals surface area contributed by atoms with Crippen LogP contribution >= 0.6 is 0 Å². The molecule has 0 bridgehead atoms. The Morgan fingerprint density at radius 2 is 1.92 bits per heavy atom. The normalized spacial score (nSPS) is 10.9. The molecular weight excluding hydrogens is 319 g/mol. The van der Waals surface area contributed by atoms with Crippen LogP contribution in [0.3, 0.4) is 0 Å². The summed E-state index contributed by atoms with van der Waals surface area (Å²) in [7, 11) is 3.35. The second-order valence-corrected chi connectivity index (χ2v) is 6.06. The highest BCUT2D eigenvalue weighted by atomic mass is 19.1. The van der Waals surface area contributed by atoms with E-state index in [0.717, 1.165) is 31.6 Å². The van der Waals surface area contributed by atoms with Crippen molar-refractivity contribution >= 4 is 5.97 Å². The molecule has 134 valence electrons. The lowest BCUT2D eigenvalue weighted by molar-refractivity contribution is 0.0595. The molecule has 0 amide bonds. The van der Waals surface area contributed by atoms with Gasteiger partial charge < -0.3 is 15.0 Å². The van der Waals surface area contributed by atoms with Crippen LogP contribution in [0.25, 0.3) is 0 Å². The quantitative estimate of drug-likeness (QED) is 0.560. The summed E-state index contributed by atoms with van der Waals surface area (Å²) in [6, 6.07) is 15.0. The third-order valence-electron chi connectivity index (χ3n) is 3.96. The smallest absolute Gasteiger partial charge is 0.340 e. The molecule has 0 atom stereocenters. The highest BCUT2D eigenvalue weighted by molar-refractivity contribution is 5.89. The SMILES string of the molecule is COC(=O)c1ccc(CNCCCN(C)Cc2ccccc2)cc1F. The molecule has 0 aliphatic rings. The van der Waals surface area contributed by atoms with E-state index in [-0.39, 0.29) is 5.56 Å². The minimum absolute atomic E-state index is 0.0335. The van der Waals surface area contributed by atoms with Gasteiger partial charge in [0.25, 0.3) is 0 Å². The number of hydrogen-bond acceptors (Lipinski definition) is 4. The van der Waals surface area contributed by atoms with E-state index in [9.17, 15) is 9.18 Å². The van der Waals surface area contributed by atoms with Crippen LogP contribution in [0, 0.1) is 5.82 Å². The lowest BCUT2D eigenvalue weighted by atomic mass is 10.1. The summed E-state index contributed by atoms with van der Waals surface area (Å²) in [5.74, 6) is -1.20. The lowest BCUT2D eigenvalue weighted by Gasteiger charge is -2.16. The maximum absolute atomic E-state index is 13.8. The van der Waals surface area contributed by atoms with E-state index in [0.29, 0.717) is 6.54 Å². The van der Waals surface area contributed by atoms with Crippen LogP contribution < -0.4 is 5.32 Å². The Balaban J connectivity index is 1.67. The number of esters is 1. The molecule has 0 saturated carbocycles. The third-order valence-corrected chi connectivity index (χ3v) is 3.96. The Morgan fingerprint density at radius 1 is 1.16 bits per heavy atom. The van der Waals surface area contributed by atoms with Crippen molar-refractivity contribution < 1.29 is 13.9 Å². The number of benzene rings is 2. The van der Waals surface area contributed by atoms with Crippen molar-refractivity contribution in [3.63, 3.8) is 0 Å². The van der Waals surface area contributed by atoms with Gasteiger partial charge in [-0.15, -0.1) is 0 Å². The molecule has 5 heteroatoms. The maximum Gasteiger partial charge on any atom is 0.340 e. The van der Waals surface area contributed by atoms with E-state index < -0.39 is 11.8 Å². The summed E-state index contributed by atoms with van der Waals surface area (Å²) in [5.41, 5.74) is 2.08. The summed E-state index contributed by atoms with van der Waals surface area (Å²) in [4.78, 5) is 13.6. The molecule has 25 heavy (non-hydrogen) atoms. The highest BCUT2D eigenvalue weighted by Crippen LogP contribution is 2.11. The largest absolute Gasteiger partial charge is 0.465 e. The molecular formula is C20H25FN2O2. The van der Waals surface area contributed by atoms with Crippen LogP contribution in [0.5, 0.6) is 0 Å². The van der Waals surface area contributed by atoms with Gasteiger partial charge in [-0.1, -0.05) is 36.4 Å². The molecule has 0 spiro atoms. The fourth-order valence-electron chi connectivity index (χ4n) is 2.62. The van der Waals surface area contributed by atoms with Gasteiger partial charge in [-0.05, 0) is 49.8 Å². The molecule has 2 aromatic carbocycles. The van der Waals surface area contributed by atoms with E-state index in [1.54, 1.807) is 6.07 Å². The molecule has 0 fully saturated rings. The maximum atomic E-state index is 13.8. The standard InChI is InChI=1S/C20H25FN2O2/c1-23(15-16-7-4-3-5-8-16)12-6-11-22-14-17-9-10-18(19(21)13-17)20(24)25-2/h3-5,7-10,13,22H,6,11-12,14-15H2,1-2H3. The molecule has 2 aromatic rings. The first-order chi connectivity index (χ1) is 12.1. The van der Waals surface area contributed by atoms with Gasteiger partial charge in [0.2, 0.25) is 0 Å². The Kier molecular flexibility index (Phi) is 7.57. The van der Waals surface area contributed by atoms with Crippen molar-refractivity contribution in [3.8, 4) is 0 Å². The van der Waals surface area contributed by atoms with E-state index in [1.165, 1.54) is 24.8 Å². The number of rotatable bonds is 9. The van der Waals surface area contributed by atoms with Crippen molar-refractivity contribution in [2.75, 3.05) is 27.2 Å². The molecule has 0 heterocycles. The highest BCUT2D eigenvalue weighted by Gasteiger charge is 2.12. The Bertz CT molecular complexity index is 677. The third kappa shape index (κ3) is 6.29. The second kappa shape index (κ2) is 9.91. The van der Waals surface area contributed by atoms with Gasteiger partial charge in [0.05, 0.1) is 12.7 Å². The van der Waals surface area contributed by atoms with Gasteiger partial charge in [-0.2, -0.15) is 0 Å². The molecule has 4 nitrogen and oxygen atoms in total. The number of carbonyl (C=O) groups excluding carboxylic acids is 1. The van der Waals surface area contributed by atoms with Crippen LogP contribution in [0.15, 0.2) is 48.5 Å². The van der Waals surface area contributed by atoms with Crippen molar-refractivity contribution in [3.05, 3.63) is 71.0 Å². The van der Waals surface area contributed by atoms with E-state index in [2.05, 4.69) is 46.3 Å². The van der Waals surface area contributed by atoms with Gasteiger partial charge in [0, 0.05) is 13.1 Å². The second-order valence-electron chi connectivity index (χ2n) is 6.06. The molecule has 1 N–H and O–H groups in total. The predicted octanol–water partition coefficient (Wildman–Crippen LogP) is 3.22. The Labute approximate surface area is 148 Å². The molecule has 0 unspecified atom stereocenters. The fourth-order valence-corrected chi connectivity index (χ4v) is 2.62. The van der Waals surface area contributed by atoms with Crippen molar-refractivity contribution in [2.45, 2.75) is 19.5 Å². The first-order valence-corrected chi connectivity index (χ1v) is 8.40. The van der Waals surface area contributed by atoms with Crippen molar-refractivity contribution in [2.24, 2.45) is 0 Å². The Morgan fingerprint density at radius 3 is 2.60 bits per heavy atom. The average Bonchev–Trinajstić information content (AvgIpc) is 2.61. The van der Waals surface area contributed by atoms with Crippen LogP contribution in [-0.2, 0) is 17.8 Å². The monoisotopic (exact) mass is 344 g/mol. The number of nitrogens with one attached hydrogen (secondary N) is 1. The summed E-state index contributed by atoms with van der Waals surface area (Å²) < 4.78 is 18.4. The molecule has 0 aliphatic carbocycles. The number of carbonyl (C=O) groups is 1. The van der Waals surface area contributed by atoms with Gasteiger partial charge in [-0.25, -0.2) is 9.18 Å². The Hall–Kier alpha value is -2.24. The van der Waals surface area contributed by atoms with Gasteiger partial charge in [-0.3, -0.25) is 0 Å². The van der Waals surface area contributed by atoms with Crippen molar-refractivity contribution in [1.82, 2.24) is 10.2 Å². The number of nitrogens with zero attached hydrogens (tertiary/aromatic N) is 1. The zero-order valence-electron chi connectivity index (χ0n) is 14.8. The molecule has 0 radical (unpaired) electrons. The minimum atomic E-state index is -0.654. The average molecular weight is 344 g/mol. The topological polar surface area (TPSA) is 41.6 Å². The van der Waals surface area contributed by atoms with Crippen LogP contribution in [0.1, 0.15) is 27.9 Å². The van der Waals surface area contributed by atoms with Gasteiger partial charge >= 0.3 is 5.97 Å². The van der Waals surface area contributed by atoms with Crippen LogP contribution in [-0.4, -0.2) is 38.1 Å². The zero-order chi connectivity index (χ0) is 18.1. The van der Waals surface area contributed by atoms with Crippen LogP contribution in [0.2, 0.25) is 0 Å².